The van der Waals surface area contributed by atoms with Crippen molar-refractivity contribution in [2.45, 2.75) is 32.1 Å². The monoisotopic (exact) mass is 248 g/mol. The summed E-state index contributed by atoms with van der Waals surface area (Å²) in [5, 5.41) is 11.2. The molecule has 6 nitrogen and oxygen atoms in total. The highest BCUT2D eigenvalue weighted by molar-refractivity contribution is 5.46. The lowest BCUT2D eigenvalue weighted by molar-refractivity contribution is 0.192. The Balaban J connectivity index is 1.78. The number of aromatic nitrogens is 4. The lowest BCUT2D eigenvalue weighted by Gasteiger charge is -1.97. The quantitative estimate of drug-likeness (QED) is 0.894. The molecule has 0 amide bonds. The Morgan fingerprint density at radius 3 is 3.22 bits per heavy atom. The normalized spacial score (nSPS) is 19.5. The van der Waals surface area contributed by atoms with Crippen LogP contribution in [0.4, 0.5) is 0 Å². The van der Waals surface area contributed by atoms with E-state index in [0.717, 1.165) is 43.1 Å². The van der Waals surface area contributed by atoms with Gasteiger partial charge in [0.15, 0.2) is 11.5 Å². The molecule has 0 spiro atoms. The van der Waals surface area contributed by atoms with E-state index < -0.39 is 0 Å². The van der Waals surface area contributed by atoms with Gasteiger partial charge in [-0.25, -0.2) is 0 Å². The Morgan fingerprint density at radius 2 is 2.44 bits per heavy atom. The summed E-state index contributed by atoms with van der Waals surface area (Å²) in [6.45, 7) is 3.59. The maximum absolute atomic E-state index is 5.32. The smallest absolute Gasteiger partial charge is 0.278 e. The predicted molar refractivity (Wildman–Crippen MR) is 64.1 cm³/mol. The summed E-state index contributed by atoms with van der Waals surface area (Å²) in [6.07, 6.45) is 3.02. The van der Waals surface area contributed by atoms with Crippen LogP contribution in [0.2, 0.25) is 0 Å². The van der Waals surface area contributed by atoms with Gasteiger partial charge in [0.2, 0.25) is 0 Å². The number of ether oxygens (including phenoxy) is 1. The molecule has 3 heterocycles. The lowest BCUT2D eigenvalue weighted by atomic mass is 10.1. The van der Waals surface area contributed by atoms with Gasteiger partial charge in [0.05, 0.1) is 6.61 Å². The lowest BCUT2D eigenvalue weighted by Crippen LogP contribution is -1.99. The van der Waals surface area contributed by atoms with Crippen LogP contribution < -0.4 is 0 Å². The number of nitrogens with zero attached hydrogens (tertiary/aromatic N) is 3. The maximum atomic E-state index is 5.32. The van der Waals surface area contributed by atoms with Gasteiger partial charge in [0, 0.05) is 18.2 Å². The molecule has 2 aromatic rings. The van der Waals surface area contributed by atoms with E-state index in [1.54, 1.807) is 0 Å². The van der Waals surface area contributed by atoms with Gasteiger partial charge in [0.1, 0.15) is 0 Å². The van der Waals surface area contributed by atoms with E-state index in [9.17, 15) is 0 Å². The summed E-state index contributed by atoms with van der Waals surface area (Å²) in [5.74, 6) is 1.47. The molecule has 0 radical (unpaired) electrons. The molecule has 1 fully saturated rings. The van der Waals surface area contributed by atoms with Crippen LogP contribution in [0.15, 0.2) is 10.6 Å². The van der Waals surface area contributed by atoms with Gasteiger partial charge in [-0.1, -0.05) is 18.5 Å². The largest absolute Gasteiger partial charge is 0.381 e. The standard InChI is InChI=1S/C12H16N4O2/c1-2-3-9-6-10(15-14-9)12-13-11(16-18-12)8-4-5-17-7-8/h6,8H,2-5,7H2,1H3,(H,14,15)/t8-/m1/s1. The molecule has 96 valence electrons. The van der Waals surface area contributed by atoms with E-state index in [1.807, 2.05) is 6.07 Å². The van der Waals surface area contributed by atoms with Crippen molar-refractivity contribution in [3.63, 3.8) is 0 Å². The molecule has 0 bridgehead atoms. The highest BCUT2D eigenvalue weighted by atomic mass is 16.5. The van der Waals surface area contributed by atoms with Crippen molar-refractivity contribution in [3.05, 3.63) is 17.6 Å². The van der Waals surface area contributed by atoms with Crippen molar-refractivity contribution >= 4 is 0 Å². The minimum Gasteiger partial charge on any atom is -0.381 e. The third-order valence-electron chi connectivity index (χ3n) is 3.11. The molecule has 6 heteroatoms. The summed E-state index contributed by atoms with van der Waals surface area (Å²) < 4.78 is 10.6. The van der Waals surface area contributed by atoms with Crippen LogP contribution in [0.25, 0.3) is 11.6 Å². The van der Waals surface area contributed by atoms with Crippen LogP contribution in [0.1, 0.15) is 37.2 Å². The van der Waals surface area contributed by atoms with Crippen molar-refractivity contribution in [3.8, 4) is 11.6 Å². The zero-order valence-corrected chi connectivity index (χ0v) is 10.3. The minimum absolute atomic E-state index is 0.261. The van der Waals surface area contributed by atoms with Crippen LogP contribution >= 0.6 is 0 Å². The average Bonchev–Trinajstić information content (AvgIpc) is 3.10. The SMILES string of the molecule is CCCc1cc(-c2nc([C@@H]3CCOC3)no2)n[nH]1. The van der Waals surface area contributed by atoms with Gasteiger partial charge in [0.25, 0.3) is 5.89 Å². The fourth-order valence-corrected chi connectivity index (χ4v) is 2.11. The molecule has 0 unspecified atom stereocenters. The third kappa shape index (κ3) is 2.15. The first-order valence-corrected chi connectivity index (χ1v) is 6.33. The minimum atomic E-state index is 0.261. The van der Waals surface area contributed by atoms with Crippen molar-refractivity contribution < 1.29 is 9.26 Å². The number of H-pyrrole nitrogens is 1. The number of hydrogen-bond donors (Lipinski definition) is 1. The van der Waals surface area contributed by atoms with Crippen LogP contribution in [-0.4, -0.2) is 33.6 Å². The first-order chi connectivity index (χ1) is 8.86. The third-order valence-corrected chi connectivity index (χ3v) is 3.11. The highest BCUT2D eigenvalue weighted by Gasteiger charge is 2.24. The summed E-state index contributed by atoms with van der Waals surface area (Å²) in [6, 6.07) is 1.96. The summed E-state index contributed by atoms with van der Waals surface area (Å²) in [5.41, 5.74) is 1.81. The highest BCUT2D eigenvalue weighted by Crippen LogP contribution is 2.25. The van der Waals surface area contributed by atoms with E-state index in [2.05, 4.69) is 27.3 Å². The van der Waals surface area contributed by atoms with E-state index in [0.29, 0.717) is 12.5 Å². The first-order valence-electron chi connectivity index (χ1n) is 6.33. The second kappa shape index (κ2) is 4.89. The summed E-state index contributed by atoms with van der Waals surface area (Å²) in [7, 11) is 0. The number of aryl methyl sites for hydroxylation is 1. The van der Waals surface area contributed by atoms with Crippen molar-refractivity contribution in [2.24, 2.45) is 0 Å². The van der Waals surface area contributed by atoms with Gasteiger partial charge in [-0.3, -0.25) is 5.10 Å². The van der Waals surface area contributed by atoms with Crippen molar-refractivity contribution in [2.75, 3.05) is 13.2 Å². The van der Waals surface area contributed by atoms with Crippen molar-refractivity contribution in [1.82, 2.24) is 20.3 Å². The average molecular weight is 248 g/mol. The Kier molecular flexibility index (Phi) is 3.10. The molecule has 1 aliphatic heterocycles. The Hall–Kier alpha value is -1.69. The fourth-order valence-electron chi connectivity index (χ4n) is 2.11. The maximum Gasteiger partial charge on any atom is 0.278 e. The molecule has 1 N–H and O–H groups in total. The van der Waals surface area contributed by atoms with Gasteiger partial charge in [-0.2, -0.15) is 10.1 Å². The van der Waals surface area contributed by atoms with E-state index in [4.69, 9.17) is 9.26 Å². The predicted octanol–water partition coefficient (Wildman–Crippen LogP) is 1.92. The van der Waals surface area contributed by atoms with Gasteiger partial charge >= 0.3 is 0 Å². The molecule has 1 atom stereocenters. The van der Waals surface area contributed by atoms with Crippen LogP contribution in [0.5, 0.6) is 0 Å². The Bertz CT molecular complexity index is 514. The van der Waals surface area contributed by atoms with Crippen molar-refractivity contribution in [1.29, 1.82) is 0 Å². The molecule has 0 aromatic carbocycles. The number of nitrogens with one attached hydrogen (secondary N) is 1. The molecule has 18 heavy (non-hydrogen) atoms. The summed E-state index contributed by atoms with van der Waals surface area (Å²) in [4.78, 5) is 4.40. The topological polar surface area (TPSA) is 76.8 Å². The number of rotatable bonds is 4. The van der Waals surface area contributed by atoms with Crippen LogP contribution in [-0.2, 0) is 11.2 Å². The number of aromatic amines is 1. The second-order valence-electron chi connectivity index (χ2n) is 4.55. The number of hydrogen-bond acceptors (Lipinski definition) is 5. The van der Waals surface area contributed by atoms with Crippen LogP contribution in [0, 0.1) is 0 Å². The van der Waals surface area contributed by atoms with Gasteiger partial charge < -0.3 is 9.26 Å². The molecule has 1 aliphatic rings. The zero-order chi connectivity index (χ0) is 12.4. The molecule has 1 saturated heterocycles. The summed E-state index contributed by atoms with van der Waals surface area (Å²) >= 11 is 0. The molecular formula is C12H16N4O2. The van der Waals surface area contributed by atoms with E-state index in [1.165, 1.54) is 0 Å². The fraction of sp³-hybridized carbons (Fsp3) is 0.583. The zero-order valence-electron chi connectivity index (χ0n) is 10.3. The first kappa shape index (κ1) is 11.4. The molecule has 3 rings (SSSR count). The molecule has 0 saturated carbocycles. The molecule has 2 aromatic heterocycles. The van der Waals surface area contributed by atoms with Gasteiger partial charge in [-0.05, 0) is 18.9 Å². The van der Waals surface area contributed by atoms with Gasteiger partial charge in [-0.15, -0.1) is 0 Å². The van der Waals surface area contributed by atoms with E-state index in [-0.39, 0.29) is 5.92 Å². The Morgan fingerprint density at radius 1 is 1.50 bits per heavy atom. The Labute approximate surface area is 105 Å². The second-order valence-corrected chi connectivity index (χ2v) is 4.55. The van der Waals surface area contributed by atoms with Crippen LogP contribution in [0.3, 0.4) is 0 Å². The molecular weight excluding hydrogens is 232 g/mol. The van der Waals surface area contributed by atoms with E-state index >= 15 is 0 Å². The molecule has 0 aliphatic carbocycles.